The minimum absolute atomic E-state index is 0.820. The van der Waals surface area contributed by atoms with E-state index in [9.17, 15) is 0 Å². The van der Waals surface area contributed by atoms with Crippen molar-refractivity contribution in [3.05, 3.63) is 43.5 Å². The third-order valence-electron chi connectivity index (χ3n) is 1.45. The Morgan fingerprint density at radius 2 is 2.27 bits per heavy atom. The first-order chi connectivity index (χ1) is 5.38. The van der Waals surface area contributed by atoms with Crippen molar-refractivity contribution in [2.75, 3.05) is 0 Å². The zero-order valence-electron chi connectivity index (χ0n) is 6.53. The molecule has 0 fully saturated rings. The normalized spacial score (nSPS) is 9.45. The zero-order valence-corrected chi connectivity index (χ0v) is 6.53. The van der Waals surface area contributed by atoms with E-state index in [-0.39, 0.29) is 0 Å². The predicted octanol–water partition coefficient (Wildman–Crippen LogP) is 1.80. The minimum Gasteiger partial charge on any atom is -0.331 e. The Kier molecular flexibility index (Phi) is 2.66. The Morgan fingerprint density at radius 1 is 1.45 bits per heavy atom. The topological polar surface area (TPSA) is 17.8 Å². The molecule has 1 heterocycles. The van der Waals surface area contributed by atoms with E-state index in [1.54, 1.807) is 6.20 Å². The monoisotopic (exact) mass is 148 g/mol. The first-order valence-corrected chi connectivity index (χ1v) is 3.60. The van der Waals surface area contributed by atoms with Gasteiger partial charge >= 0.3 is 0 Å². The van der Waals surface area contributed by atoms with E-state index in [0.29, 0.717) is 0 Å². The molecule has 0 aromatic carbocycles. The summed E-state index contributed by atoms with van der Waals surface area (Å²) in [4.78, 5) is 4.17. The minimum atomic E-state index is 0.820. The van der Waals surface area contributed by atoms with Gasteiger partial charge in [-0.3, -0.25) is 0 Å². The summed E-state index contributed by atoms with van der Waals surface area (Å²) in [5.74, 6) is 1.04. The molecule has 0 atom stereocenters. The van der Waals surface area contributed by atoms with Crippen LogP contribution in [0.4, 0.5) is 0 Å². The van der Waals surface area contributed by atoms with Crippen LogP contribution in [0.25, 0.3) is 0 Å². The second kappa shape index (κ2) is 3.76. The molecule has 58 valence electrons. The van der Waals surface area contributed by atoms with E-state index in [1.807, 2.05) is 18.3 Å². The van der Waals surface area contributed by atoms with Crippen molar-refractivity contribution in [2.45, 2.75) is 13.0 Å². The summed E-state index contributed by atoms with van der Waals surface area (Å²) in [5, 5.41) is 0. The summed E-state index contributed by atoms with van der Waals surface area (Å²) in [6.07, 6.45) is 8.26. The van der Waals surface area contributed by atoms with Gasteiger partial charge in [-0.25, -0.2) is 4.98 Å². The maximum atomic E-state index is 4.17. The molecule has 0 bridgehead atoms. The van der Waals surface area contributed by atoms with Gasteiger partial charge in [-0.15, -0.1) is 13.2 Å². The third kappa shape index (κ3) is 1.80. The first-order valence-electron chi connectivity index (χ1n) is 3.60. The van der Waals surface area contributed by atoms with E-state index in [4.69, 9.17) is 0 Å². The summed E-state index contributed by atoms with van der Waals surface area (Å²) in [6, 6.07) is 0. The van der Waals surface area contributed by atoms with Crippen LogP contribution in [0.2, 0.25) is 0 Å². The second-order valence-corrected chi connectivity index (χ2v) is 2.28. The lowest BCUT2D eigenvalue weighted by Gasteiger charge is -2.00. The van der Waals surface area contributed by atoms with Crippen LogP contribution in [0.3, 0.4) is 0 Å². The fraction of sp³-hybridized carbons (Fsp3) is 0.222. The Labute approximate surface area is 66.9 Å². The van der Waals surface area contributed by atoms with Crippen LogP contribution >= 0.6 is 0 Å². The van der Waals surface area contributed by atoms with Gasteiger partial charge in [0.15, 0.2) is 0 Å². The first kappa shape index (κ1) is 7.79. The largest absolute Gasteiger partial charge is 0.331 e. The molecular formula is C9H12N2. The van der Waals surface area contributed by atoms with Crippen molar-refractivity contribution < 1.29 is 0 Å². The molecule has 0 amide bonds. The van der Waals surface area contributed by atoms with Gasteiger partial charge in [0.1, 0.15) is 5.82 Å². The van der Waals surface area contributed by atoms with Crippen LogP contribution in [-0.2, 0) is 13.0 Å². The molecule has 1 aromatic heterocycles. The predicted molar refractivity (Wildman–Crippen MR) is 46.3 cm³/mol. The lowest BCUT2D eigenvalue weighted by atomic mass is 10.4. The average Bonchev–Trinajstić information content (AvgIpc) is 2.39. The quantitative estimate of drug-likeness (QED) is 0.595. The van der Waals surface area contributed by atoms with Gasteiger partial charge in [-0.05, 0) is 0 Å². The summed E-state index contributed by atoms with van der Waals surface area (Å²) in [7, 11) is 0. The van der Waals surface area contributed by atoms with Crippen molar-refractivity contribution in [1.82, 2.24) is 9.55 Å². The lowest BCUT2D eigenvalue weighted by molar-refractivity contribution is 0.763. The SMILES string of the molecule is C=CCc1nccn1CC=C. The maximum Gasteiger partial charge on any atom is 0.112 e. The molecule has 1 aromatic rings. The molecule has 2 heteroatoms. The van der Waals surface area contributed by atoms with E-state index < -0.39 is 0 Å². The van der Waals surface area contributed by atoms with Gasteiger partial charge in [0.2, 0.25) is 0 Å². The number of hydrogen-bond acceptors (Lipinski definition) is 1. The smallest absolute Gasteiger partial charge is 0.112 e. The van der Waals surface area contributed by atoms with E-state index in [2.05, 4.69) is 22.7 Å². The van der Waals surface area contributed by atoms with Crippen LogP contribution in [0.5, 0.6) is 0 Å². The van der Waals surface area contributed by atoms with Crippen LogP contribution in [0, 0.1) is 0 Å². The molecule has 0 aliphatic carbocycles. The average molecular weight is 148 g/mol. The number of rotatable bonds is 4. The standard InChI is InChI=1S/C9H12N2/c1-3-5-9-10-6-8-11(9)7-4-2/h3-4,6,8H,1-2,5,7H2. The van der Waals surface area contributed by atoms with Gasteiger partial charge in [0, 0.05) is 25.4 Å². The maximum absolute atomic E-state index is 4.17. The molecule has 0 saturated carbocycles. The number of nitrogens with zero attached hydrogens (tertiary/aromatic N) is 2. The van der Waals surface area contributed by atoms with Crippen molar-refractivity contribution in [3.63, 3.8) is 0 Å². The molecule has 1 rings (SSSR count). The van der Waals surface area contributed by atoms with Gasteiger partial charge in [0.25, 0.3) is 0 Å². The van der Waals surface area contributed by atoms with Gasteiger partial charge in [-0.1, -0.05) is 12.2 Å². The highest BCUT2D eigenvalue weighted by molar-refractivity contribution is 4.98. The molecule has 0 N–H and O–H groups in total. The van der Waals surface area contributed by atoms with Crippen LogP contribution in [0.1, 0.15) is 5.82 Å². The molecule has 0 spiro atoms. The number of aromatic nitrogens is 2. The Bertz CT molecular complexity index is 223. The fourth-order valence-electron chi connectivity index (χ4n) is 0.964. The van der Waals surface area contributed by atoms with Crippen molar-refractivity contribution in [3.8, 4) is 0 Å². The number of allylic oxidation sites excluding steroid dienone is 2. The van der Waals surface area contributed by atoms with Crippen molar-refractivity contribution >= 4 is 0 Å². The highest BCUT2D eigenvalue weighted by atomic mass is 15.0. The fourth-order valence-corrected chi connectivity index (χ4v) is 0.964. The molecule has 0 saturated heterocycles. The van der Waals surface area contributed by atoms with Crippen LogP contribution < -0.4 is 0 Å². The summed E-state index contributed by atoms with van der Waals surface area (Å²) in [6.45, 7) is 8.14. The van der Waals surface area contributed by atoms with E-state index >= 15 is 0 Å². The summed E-state index contributed by atoms with van der Waals surface area (Å²) < 4.78 is 2.05. The lowest BCUT2D eigenvalue weighted by Crippen LogP contribution is -1.99. The Morgan fingerprint density at radius 3 is 2.91 bits per heavy atom. The van der Waals surface area contributed by atoms with Gasteiger partial charge < -0.3 is 4.57 Å². The summed E-state index contributed by atoms with van der Waals surface area (Å²) >= 11 is 0. The molecular weight excluding hydrogens is 136 g/mol. The molecule has 0 unspecified atom stereocenters. The highest BCUT2D eigenvalue weighted by Crippen LogP contribution is 1.98. The highest BCUT2D eigenvalue weighted by Gasteiger charge is 1.96. The van der Waals surface area contributed by atoms with Crippen molar-refractivity contribution in [2.24, 2.45) is 0 Å². The molecule has 2 nitrogen and oxygen atoms in total. The third-order valence-corrected chi connectivity index (χ3v) is 1.45. The van der Waals surface area contributed by atoms with Crippen LogP contribution in [0.15, 0.2) is 37.7 Å². The zero-order chi connectivity index (χ0) is 8.10. The summed E-state index contributed by atoms with van der Waals surface area (Å²) in [5.41, 5.74) is 0. The van der Waals surface area contributed by atoms with Gasteiger partial charge in [-0.2, -0.15) is 0 Å². The van der Waals surface area contributed by atoms with Gasteiger partial charge in [0.05, 0.1) is 0 Å². The molecule has 0 aliphatic rings. The Balaban J connectivity index is 2.76. The molecule has 0 aliphatic heterocycles. The second-order valence-electron chi connectivity index (χ2n) is 2.28. The molecule has 11 heavy (non-hydrogen) atoms. The number of imidazole rings is 1. The van der Waals surface area contributed by atoms with E-state index in [1.165, 1.54) is 0 Å². The van der Waals surface area contributed by atoms with Crippen molar-refractivity contribution in [1.29, 1.82) is 0 Å². The van der Waals surface area contributed by atoms with E-state index in [0.717, 1.165) is 18.8 Å². The number of hydrogen-bond donors (Lipinski definition) is 0. The Hall–Kier alpha value is -1.31. The van der Waals surface area contributed by atoms with Crippen LogP contribution in [-0.4, -0.2) is 9.55 Å². The molecule has 0 radical (unpaired) electrons.